The Hall–Kier alpha value is -2.47. The largest absolute Gasteiger partial charge is 0.335 e. The number of hydrogen-bond donors (Lipinski definition) is 0. The summed E-state index contributed by atoms with van der Waals surface area (Å²) in [7, 11) is 3.37. The second-order valence-electron chi connectivity index (χ2n) is 5.10. The van der Waals surface area contributed by atoms with E-state index in [1.165, 1.54) is 10.6 Å². The SMILES string of the molecule is CN(Cc1nc2ccccc2s1)C(=O)c1ccn(C)c(=O)c1. The van der Waals surface area contributed by atoms with Crippen molar-refractivity contribution in [1.29, 1.82) is 0 Å². The molecule has 2 aromatic heterocycles. The maximum atomic E-state index is 12.4. The van der Waals surface area contributed by atoms with E-state index in [1.807, 2.05) is 24.3 Å². The van der Waals surface area contributed by atoms with Crippen molar-refractivity contribution in [3.8, 4) is 0 Å². The van der Waals surface area contributed by atoms with Crippen molar-refractivity contribution in [3.63, 3.8) is 0 Å². The van der Waals surface area contributed by atoms with Gasteiger partial charge in [0, 0.05) is 31.9 Å². The van der Waals surface area contributed by atoms with Gasteiger partial charge < -0.3 is 9.47 Å². The molecule has 0 saturated carbocycles. The van der Waals surface area contributed by atoms with Gasteiger partial charge in [-0.15, -0.1) is 11.3 Å². The highest BCUT2D eigenvalue weighted by Crippen LogP contribution is 2.22. The van der Waals surface area contributed by atoms with Crippen LogP contribution in [-0.4, -0.2) is 27.4 Å². The summed E-state index contributed by atoms with van der Waals surface area (Å²) in [5, 5.41) is 0.876. The van der Waals surface area contributed by atoms with Crippen LogP contribution < -0.4 is 5.56 Å². The van der Waals surface area contributed by atoms with Gasteiger partial charge in [0.05, 0.1) is 16.8 Å². The molecular formula is C16H15N3O2S. The minimum atomic E-state index is -0.195. The minimum Gasteiger partial charge on any atom is -0.335 e. The average Bonchev–Trinajstić information content (AvgIpc) is 2.91. The molecule has 0 saturated heterocycles. The van der Waals surface area contributed by atoms with Crippen LogP contribution >= 0.6 is 11.3 Å². The summed E-state index contributed by atoms with van der Waals surface area (Å²) in [4.78, 5) is 30.1. The molecule has 2 heterocycles. The van der Waals surface area contributed by atoms with Crippen LogP contribution in [0.4, 0.5) is 0 Å². The highest BCUT2D eigenvalue weighted by Gasteiger charge is 2.14. The molecule has 0 aliphatic carbocycles. The highest BCUT2D eigenvalue weighted by atomic mass is 32.1. The molecule has 3 rings (SSSR count). The number of amides is 1. The van der Waals surface area contributed by atoms with Crippen LogP contribution in [-0.2, 0) is 13.6 Å². The summed E-state index contributed by atoms with van der Waals surface area (Å²) in [5.74, 6) is -0.183. The first kappa shape index (κ1) is 14.5. The lowest BCUT2D eigenvalue weighted by atomic mass is 10.2. The van der Waals surface area contributed by atoms with Gasteiger partial charge in [-0.1, -0.05) is 12.1 Å². The zero-order valence-electron chi connectivity index (χ0n) is 12.3. The third-order valence-electron chi connectivity index (χ3n) is 3.41. The molecule has 112 valence electrons. The van der Waals surface area contributed by atoms with Crippen LogP contribution in [0.15, 0.2) is 47.4 Å². The molecule has 0 aliphatic heterocycles. The Morgan fingerprint density at radius 2 is 2.09 bits per heavy atom. The van der Waals surface area contributed by atoms with E-state index in [0.717, 1.165) is 15.2 Å². The van der Waals surface area contributed by atoms with Crippen molar-refractivity contribution in [1.82, 2.24) is 14.5 Å². The van der Waals surface area contributed by atoms with Gasteiger partial charge in [0.1, 0.15) is 5.01 Å². The monoisotopic (exact) mass is 313 g/mol. The Labute approximate surface area is 131 Å². The summed E-state index contributed by atoms with van der Waals surface area (Å²) in [6.45, 7) is 0.424. The summed E-state index contributed by atoms with van der Waals surface area (Å²) in [6, 6.07) is 10.9. The van der Waals surface area contributed by atoms with Gasteiger partial charge in [0.2, 0.25) is 0 Å². The van der Waals surface area contributed by atoms with Gasteiger partial charge in [0.25, 0.3) is 11.5 Å². The van der Waals surface area contributed by atoms with E-state index in [2.05, 4.69) is 4.98 Å². The topological polar surface area (TPSA) is 55.2 Å². The van der Waals surface area contributed by atoms with E-state index in [4.69, 9.17) is 0 Å². The summed E-state index contributed by atoms with van der Waals surface area (Å²) in [6.07, 6.45) is 1.60. The molecule has 0 N–H and O–H groups in total. The predicted octanol–water partition coefficient (Wildman–Crippen LogP) is 2.27. The lowest BCUT2D eigenvalue weighted by Crippen LogP contribution is -2.28. The molecule has 0 radical (unpaired) electrons. The third kappa shape index (κ3) is 2.78. The molecule has 0 unspecified atom stereocenters. The molecule has 22 heavy (non-hydrogen) atoms. The number of aromatic nitrogens is 2. The molecule has 0 spiro atoms. The number of fused-ring (bicyclic) bond motifs is 1. The second kappa shape index (κ2) is 5.73. The first-order valence-corrected chi connectivity index (χ1v) is 7.63. The highest BCUT2D eigenvalue weighted by molar-refractivity contribution is 7.18. The van der Waals surface area contributed by atoms with E-state index in [-0.39, 0.29) is 11.5 Å². The van der Waals surface area contributed by atoms with Crippen LogP contribution in [0.3, 0.4) is 0 Å². The van der Waals surface area contributed by atoms with E-state index in [0.29, 0.717) is 12.1 Å². The normalized spacial score (nSPS) is 10.8. The number of aryl methyl sites for hydroxylation is 1. The summed E-state index contributed by atoms with van der Waals surface area (Å²) in [5.41, 5.74) is 1.14. The Kier molecular flexibility index (Phi) is 3.77. The van der Waals surface area contributed by atoms with Gasteiger partial charge in [0.15, 0.2) is 0 Å². The number of carbonyl (C=O) groups excluding carboxylic acids is 1. The van der Waals surface area contributed by atoms with E-state index < -0.39 is 0 Å². The third-order valence-corrected chi connectivity index (χ3v) is 4.43. The van der Waals surface area contributed by atoms with E-state index >= 15 is 0 Å². The molecule has 6 heteroatoms. The molecule has 1 amide bonds. The van der Waals surface area contributed by atoms with E-state index in [9.17, 15) is 9.59 Å². The fourth-order valence-electron chi connectivity index (χ4n) is 2.16. The smallest absolute Gasteiger partial charge is 0.254 e. The average molecular weight is 313 g/mol. The first-order chi connectivity index (χ1) is 10.5. The number of rotatable bonds is 3. The van der Waals surface area contributed by atoms with Crippen LogP contribution in [0.2, 0.25) is 0 Å². The number of nitrogens with zero attached hydrogens (tertiary/aromatic N) is 3. The zero-order chi connectivity index (χ0) is 15.7. The van der Waals surface area contributed by atoms with Crippen LogP contribution in [0, 0.1) is 0 Å². The number of para-hydroxylation sites is 1. The van der Waals surface area contributed by atoms with Crippen LogP contribution in [0.1, 0.15) is 15.4 Å². The first-order valence-electron chi connectivity index (χ1n) is 6.81. The molecule has 5 nitrogen and oxygen atoms in total. The molecule has 0 fully saturated rings. The van der Waals surface area contributed by atoms with Gasteiger partial charge in [-0.05, 0) is 18.2 Å². The standard InChI is InChI=1S/C16H15N3O2S/c1-18-8-7-11(9-15(18)20)16(21)19(2)10-14-17-12-5-3-4-6-13(12)22-14/h3-9H,10H2,1-2H3. The van der Waals surface area contributed by atoms with Gasteiger partial charge >= 0.3 is 0 Å². The Morgan fingerprint density at radius 1 is 1.32 bits per heavy atom. The van der Waals surface area contributed by atoms with Crippen molar-refractivity contribution in [2.45, 2.75) is 6.54 Å². The van der Waals surface area contributed by atoms with Crippen molar-refractivity contribution >= 4 is 27.5 Å². The van der Waals surface area contributed by atoms with Gasteiger partial charge in [-0.3, -0.25) is 9.59 Å². The van der Waals surface area contributed by atoms with E-state index in [1.54, 1.807) is 42.6 Å². The van der Waals surface area contributed by atoms with Crippen molar-refractivity contribution in [2.75, 3.05) is 7.05 Å². The van der Waals surface area contributed by atoms with Crippen molar-refractivity contribution in [3.05, 3.63) is 63.5 Å². The number of benzene rings is 1. The fourth-order valence-corrected chi connectivity index (χ4v) is 3.19. The maximum Gasteiger partial charge on any atom is 0.254 e. The maximum absolute atomic E-state index is 12.4. The number of pyridine rings is 1. The second-order valence-corrected chi connectivity index (χ2v) is 6.22. The number of hydrogen-bond acceptors (Lipinski definition) is 4. The molecule has 0 aliphatic rings. The summed E-state index contributed by atoms with van der Waals surface area (Å²) >= 11 is 1.57. The van der Waals surface area contributed by atoms with Gasteiger partial charge in [-0.2, -0.15) is 0 Å². The minimum absolute atomic E-state index is 0.183. The lowest BCUT2D eigenvalue weighted by Gasteiger charge is -2.15. The molecular weight excluding hydrogens is 298 g/mol. The molecule has 0 bridgehead atoms. The molecule has 1 aromatic carbocycles. The number of carbonyl (C=O) groups is 1. The Balaban J connectivity index is 1.80. The van der Waals surface area contributed by atoms with Crippen molar-refractivity contribution < 1.29 is 4.79 Å². The quantitative estimate of drug-likeness (QED) is 0.745. The molecule has 3 aromatic rings. The fraction of sp³-hybridized carbons (Fsp3) is 0.188. The Morgan fingerprint density at radius 3 is 2.82 bits per heavy atom. The number of thiazole rings is 1. The molecule has 0 atom stereocenters. The lowest BCUT2D eigenvalue weighted by molar-refractivity contribution is 0.0784. The van der Waals surface area contributed by atoms with Crippen LogP contribution in [0.5, 0.6) is 0 Å². The Bertz CT molecular complexity index is 865. The summed E-state index contributed by atoms with van der Waals surface area (Å²) < 4.78 is 2.54. The predicted molar refractivity (Wildman–Crippen MR) is 87.1 cm³/mol. The van der Waals surface area contributed by atoms with Crippen molar-refractivity contribution in [2.24, 2.45) is 7.05 Å². The van der Waals surface area contributed by atoms with Gasteiger partial charge in [-0.25, -0.2) is 4.98 Å². The zero-order valence-corrected chi connectivity index (χ0v) is 13.1. The van der Waals surface area contributed by atoms with Crippen LogP contribution in [0.25, 0.3) is 10.2 Å².